The minimum Gasteiger partial charge on any atom is -0.331 e. The average Bonchev–Trinajstić information content (AvgIpc) is 2.82. The number of aryl methyl sites for hydroxylation is 1. The van der Waals surface area contributed by atoms with Crippen molar-refractivity contribution in [3.8, 4) is 0 Å². The lowest BCUT2D eigenvalue weighted by Gasteiger charge is -2.19. The molecule has 0 unspecified atom stereocenters. The summed E-state index contributed by atoms with van der Waals surface area (Å²) in [6, 6.07) is 0. The zero-order chi connectivity index (χ0) is 14.4. The first-order valence-electron chi connectivity index (χ1n) is 6.25. The van der Waals surface area contributed by atoms with Crippen LogP contribution in [0.25, 0.3) is 0 Å². The van der Waals surface area contributed by atoms with Crippen LogP contribution in [-0.2, 0) is 16.1 Å². The number of amides is 2. The minimum atomic E-state index is -0.654. The van der Waals surface area contributed by atoms with E-state index >= 15 is 0 Å². The number of rotatable bonds is 5. The minimum absolute atomic E-state index is 0.386. The van der Waals surface area contributed by atoms with Gasteiger partial charge in [-0.3, -0.25) is 14.3 Å². The van der Waals surface area contributed by atoms with E-state index in [0.717, 1.165) is 5.57 Å². The molecule has 0 aliphatic heterocycles. The van der Waals surface area contributed by atoms with Gasteiger partial charge in [-0.15, -0.1) is 0 Å². The van der Waals surface area contributed by atoms with E-state index in [-0.39, 0.29) is 0 Å². The third-order valence-electron chi connectivity index (χ3n) is 2.54. The van der Waals surface area contributed by atoms with Gasteiger partial charge in [0.1, 0.15) is 0 Å². The summed E-state index contributed by atoms with van der Waals surface area (Å²) in [5.74, 6) is -1.21. The molecule has 1 rings (SSSR count). The molecule has 104 valence electrons. The topological polar surface area (TPSA) is 67.2 Å². The maximum atomic E-state index is 11.9. The van der Waals surface area contributed by atoms with Crippen LogP contribution >= 0.6 is 0 Å². The zero-order valence-corrected chi connectivity index (χ0v) is 11.6. The predicted octanol–water partition coefficient (Wildman–Crippen LogP) is 1.27. The van der Waals surface area contributed by atoms with Crippen molar-refractivity contribution in [1.29, 1.82) is 0 Å². The molecule has 19 heavy (non-hydrogen) atoms. The van der Waals surface area contributed by atoms with Crippen LogP contribution in [-0.4, -0.2) is 39.6 Å². The Kier molecular flexibility index (Phi) is 5.29. The fraction of sp³-hybridized carbons (Fsp3) is 0.462. The molecule has 1 aromatic heterocycles. The van der Waals surface area contributed by atoms with Crippen molar-refractivity contribution in [2.24, 2.45) is 0 Å². The quantitative estimate of drug-likeness (QED) is 0.643. The third kappa shape index (κ3) is 4.24. The molecule has 0 saturated carbocycles. The van der Waals surface area contributed by atoms with Gasteiger partial charge in [0, 0.05) is 25.8 Å². The molecule has 1 heterocycles. The Hall–Kier alpha value is -2.11. The number of carbonyl (C=O) groups is 2. The number of hydrogen-bond donors (Lipinski definition) is 1. The van der Waals surface area contributed by atoms with Crippen molar-refractivity contribution < 1.29 is 9.59 Å². The van der Waals surface area contributed by atoms with Crippen LogP contribution in [0, 0.1) is 0 Å². The van der Waals surface area contributed by atoms with E-state index in [1.807, 2.05) is 20.8 Å². The SMILES string of the molecule is C=C(C)CN(CC)C(=O)C(=O)Nc1cnn(CC)c1. The van der Waals surface area contributed by atoms with Crippen LogP contribution in [0.15, 0.2) is 24.5 Å². The highest BCUT2D eigenvalue weighted by atomic mass is 16.2. The van der Waals surface area contributed by atoms with Crippen molar-refractivity contribution in [1.82, 2.24) is 14.7 Å². The molecular weight excluding hydrogens is 244 g/mol. The van der Waals surface area contributed by atoms with Gasteiger partial charge in [0.2, 0.25) is 0 Å². The highest BCUT2D eigenvalue weighted by molar-refractivity contribution is 6.39. The summed E-state index contributed by atoms with van der Waals surface area (Å²) >= 11 is 0. The number of carbonyl (C=O) groups excluding carboxylic acids is 2. The number of hydrogen-bond acceptors (Lipinski definition) is 3. The van der Waals surface area contributed by atoms with E-state index in [1.54, 1.807) is 10.9 Å². The molecule has 1 N–H and O–H groups in total. The van der Waals surface area contributed by atoms with E-state index in [2.05, 4.69) is 17.0 Å². The first-order chi connectivity index (χ1) is 8.97. The Morgan fingerprint density at radius 1 is 1.47 bits per heavy atom. The Balaban J connectivity index is 2.65. The molecule has 6 heteroatoms. The second-order valence-electron chi connectivity index (χ2n) is 4.32. The number of nitrogens with zero attached hydrogens (tertiary/aromatic N) is 3. The second kappa shape index (κ2) is 6.72. The van der Waals surface area contributed by atoms with Crippen LogP contribution in [0.2, 0.25) is 0 Å². The summed E-state index contributed by atoms with van der Waals surface area (Å²) in [6.45, 7) is 10.9. The number of nitrogens with one attached hydrogen (secondary N) is 1. The maximum absolute atomic E-state index is 11.9. The first kappa shape index (κ1) is 14.9. The van der Waals surface area contributed by atoms with Gasteiger partial charge in [-0.1, -0.05) is 12.2 Å². The van der Waals surface area contributed by atoms with Crippen molar-refractivity contribution in [3.05, 3.63) is 24.5 Å². The number of aromatic nitrogens is 2. The van der Waals surface area contributed by atoms with Gasteiger partial charge in [0.05, 0.1) is 11.9 Å². The first-order valence-corrected chi connectivity index (χ1v) is 6.25. The summed E-state index contributed by atoms with van der Waals surface area (Å²) in [4.78, 5) is 25.2. The smallest absolute Gasteiger partial charge is 0.314 e. The van der Waals surface area contributed by atoms with Gasteiger partial charge >= 0.3 is 11.8 Å². The number of likely N-dealkylation sites (N-methyl/N-ethyl adjacent to an activating group) is 1. The van der Waals surface area contributed by atoms with Gasteiger partial charge in [-0.05, 0) is 20.8 Å². The van der Waals surface area contributed by atoms with Crippen LogP contribution in [0.3, 0.4) is 0 Å². The summed E-state index contributed by atoms with van der Waals surface area (Å²) in [5.41, 5.74) is 1.35. The normalized spacial score (nSPS) is 10.1. The van der Waals surface area contributed by atoms with Crippen LogP contribution in [0.4, 0.5) is 5.69 Å². The van der Waals surface area contributed by atoms with Crippen molar-refractivity contribution in [2.75, 3.05) is 18.4 Å². The standard InChI is InChI=1S/C13H20N4O2/c1-5-16(8-10(3)4)13(19)12(18)15-11-7-14-17(6-2)9-11/h7,9H,3,5-6,8H2,1-2,4H3,(H,15,18). The van der Waals surface area contributed by atoms with Crippen LogP contribution < -0.4 is 5.32 Å². The van der Waals surface area contributed by atoms with E-state index in [0.29, 0.717) is 25.3 Å². The molecule has 0 aliphatic rings. The summed E-state index contributed by atoms with van der Waals surface area (Å²) in [5, 5.41) is 6.56. The predicted molar refractivity (Wildman–Crippen MR) is 73.6 cm³/mol. The van der Waals surface area contributed by atoms with Gasteiger partial charge < -0.3 is 10.2 Å². The van der Waals surface area contributed by atoms with E-state index in [4.69, 9.17) is 0 Å². The molecule has 0 aliphatic carbocycles. The van der Waals surface area contributed by atoms with E-state index in [1.165, 1.54) is 11.1 Å². The molecule has 0 saturated heterocycles. The van der Waals surface area contributed by atoms with E-state index < -0.39 is 11.8 Å². The summed E-state index contributed by atoms with van der Waals surface area (Å²) in [7, 11) is 0. The third-order valence-corrected chi connectivity index (χ3v) is 2.54. The molecular formula is C13H20N4O2. The lowest BCUT2D eigenvalue weighted by Crippen LogP contribution is -2.40. The van der Waals surface area contributed by atoms with Gasteiger partial charge in [-0.2, -0.15) is 5.10 Å². The highest BCUT2D eigenvalue weighted by Crippen LogP contribution is 2.05. The Morgan fingerprint density at radius 3 is 2.63 bits per heavy atom. The summed E-state index contributed by atoms with van der Waals surface area (Å²) in [6.07, 6.45) is 3.20. The monoisotopic (exact) mass is 264 g/mol. The van der Waals surface area contributed by atoms with Gasteiger partial charge in [0.15, 0.2) is 0 Å². The van der Waals surface area contributed by atoms with E-state index in [9.17, 15) is 9.59 Å². The van der Waals surface area contributed by atoms with Gasteiger partial charge in [-0.25, -0.2) is 0 Å². The molecule has 2 amide bonds. The molecule has 6 nitrogen and oxygen atoms in total. The Morgan fingerprint density at radius 2 is 2.16 bits per heavy atom. The largest absolute Gasteiger partial charge is 0.331 e. The zero-order valence-electron chi connectivity index (χ0n) is 11.6. The van der Waals surface area contributed by atoms with Crippen LogP contribution in [0.5, 0.6) is 0 Å². The van der Waals surface area contributed by atoms with Crippen molar-refractivity contribution >= 4 is 17.5 Å². The fourth-order valence-corrected chi connectivity index (χ4v) is 1.58. The molecule has 0 aromatic carbocycles. The van der Waals surface area contributed by atoms with Crippen molar-refractivity contribution in [3.63, 3.8) is 0 Å². The van der Waals surface area contributed by atoms with Gasteiger partial charge in [0.25, 0.3) is 0 Å². The molecule has 0 fully saturated rings. The van der Waals surface area contributed by atoms with Crippen molar-refractivity contribution in [2.45, 2.75) is 27.3 Å². The maximum Gasteiger partial charge on any atom is 0.314 e. The molecule has 0 atom stereocenters. The molecule has 0 bridgehead atoms. The molecule has 0 radical (unpaired) electrons. The highest BCUT2D eigenvalue weighted by Gasteiger charge is 2.20. The Labute approximate surface area is 113 Å². The molecule has 1 aromatic rings. The lowest BCUT2D eigenvalue weighted by molar-refractivity contribution is -0.142. The molecule has 0 spiro atoms. The number of anilines is 1. The fourth-order valence-electron chi connectivity index (χ4n) is 1.58. The lowest BCUT2D eigenvalue weighted by atomic mass is 10.3. The second-order valence-corrected chi connectivity index (χ2v) is 4.32. The van der Waals surface area contributed by atoms with Crippen LogP contribution in [0.1, 0.15) is 20.8 Å². The average molecular weight is 264 g/mol. The summed E-state index contributed by atoms with van der Waals surface area (Å²) < 4.78 is 1.67. The Bertz CT molecular complexity index is 479.